The van der Waals surface area contributed by atoms with Crippen molar-refractivity contribution in [1.82, 2.24) is 5.32 Å². The van der Waals surface area contributed by atoms with E-state index in [1.165, 1.54) is 12.8 Å². The van der Waals surface area contributed by atoms with Gasteiger partial charge in [-0.1, -0.05) is 0 Å². The third kappa shape index (κ3) is 1.78. The molecule has 3 rings (SSSR count). The lowest BCUT2D eigenvalue weighted by Crippen LogP contribution is -2.58. The maximum atomic E-state index is 13.0. The van der Waals surface area contributed by atoms with Crippen LogP contribution in [0.1, 0.15) is 38.5 Å². The van der Waals surface area contributed by atoms with Gasteiger partial charge in [0.15, 0.2) is 0 Å². The van der Waals surface area contributed by atoms with E-state index >= 15 is 0 Å². The van der Waals surface area contributed by atoms with Crippen LogP contribution < -0.4 is 5.32 Å². The Bertz CT molecular complexity index is 236. The largest absolute Gasteiger partial charge is 0.360 e. The van der Waals surface area contributed by atoms with Gasteiger partial charge < -0.3 is 4.74 Å². The fraction of sp³-hybridized carbons (Fsp3) is 1.00. The first-order chi connectivity index (χ1) is 7.04. The molecule has 1 aliphatic heterocycles. The Hall–Kier alpha value is -0.220. The van der Waals surface area contributed by atoms with Gasteiger partial charge in [0.1, 0.15) is 5.72 Å². The molecular weight excluding hydrogens is 200 g/mol. The molecule has 2 nitrogen and oxygen atoms in total. The predicted octanol–water partition coefficient (Wildman–Crippen LogP) is 2.29. The summed E-state index contributed by atoms with van der Waals surface area (Å²) in [4.78, 5) is 0. The lowest BCUT2D eigenvalue weighted by Gasteiger charge is -2.45. The van der Waals surface area contributed by atoms with E-state index in [0.29, 0.717) is 18.3 Å². The van der Waals surface area contributed by atoms with Gasteiger partial charge in [-0.25, -0.2) is 8.78 Å². The van der Waals surface area contributed by atoms with Crippen LogP contribution in [0.4, 0.5) is 8.78 Å². The summed E-state index contributed by atoms with van der Waals surface area (Å²) in [5.74, 6) is -2.47. The van der Waals surface area contributed by atoms with Crippen LogP contribution in [-0.4, -0.2) is 24.8 Å². The molecular formula is C11H17F2NO. The molecule has 3 fully saturated rings. The zero-order valence-electron chi connectivity index (χ0n) is 8.82. The molecule has 1 heterocycles. The van der Waals surface area contributed by atoms with E-state index in [2.05, 4.69) is 5.32 Å². The molecule has 2 saturated carbocycles. The molecule has 86 valence electrons. The summed E-state index contributed by atoms with van der Waals surface area (Å²) in [5, 5.41) is 3.37. The van der Waals surface area contributed by atoms with Crippen LogP contribution in [0.3, 0.4) is 0 Å². The first-order valence-electron chi connectivity index (χ1n) is 5.80. The minimum absolute atomic E-state index is 0.0347. The second kappa shape index (κ2) is 2.92. The molecule has 1 N–H and O–H groups in total. The monoisotopic (exact) mass is 217 g/mol. The summed E-state index contributed by atoms with van der Waals surface area (Å²) in [6.45, 7) is 1.73. The van der Waals surface area contributed by atoms with Crippen molar-refractivity contribution in [2.75, 3.05) is 13.2 Å². The van der Waals surface area contributed by atoms with Crippen LogP contribution in [0, 0.1) is 5.41 Å². The number of hydrogen-bond donors (Lipinski definition) is 1. The molecule has 1 saturated heterocycles. The maximum Gasteiger partial charge on any atom is 0.248 e. The average molecular weight is 217 g/mol. The summed E-state index contributed by atoms with van der Waals surface area (Å²) in [6, 6.07) is 0. The lowest BCUT2D eigenvalue weighted by molar-refractivity contribution is -0.176. The molecule has 0 bridgehead atoms. The Labute approximate surface area is 88.4 Å². The van der Waals surface area contributed by atoms with Gasteiger partial charge in [0.2, 0.25) is 5.92 Å². The summed E-state index contributed by atoms with van der Waals surface area (Å²) >= 11 is 0. The minimum atomic E-state index is -2.47. The van der Waals surface area contributed by atoms with Gasteiger partial charge in [-0.15, -0.1) is 0 Å². The zero-order chi connectivity index (χ0) is 10.6. The Balaban J connectivity index is 1.62. The molecule has 2 spiro atoms. The van der Waals surface area contributed by atoms with Crippen molar-refractivity contribution < 1.29 is 13.5 Å². The molecule has 0 atom stereocenters. The van der Waals surface area contributed by atoms with Gasteiger partial charge >= 0.3 is 0 Å². The number of alkyl halides is 2. The highest BCUT2D eigenvalue weighted by atomic mass is 19.3. The first-order valence-corrected chi connectivity index (χ1v) is 5.80. The Morgan fingerprint density at radius 3 is 2.07 bits per heavy atom. The Kier molecular flexibility index (Phi) is 1.94. The third-order valence-corrected chi connectivity index (χ3v) is 4.19. The molecule has 0 aromatic rings. The summed E-state index contributed by atoms with van der Waals surface area (Å²) in [6.07, 6.45) is 3.30. The minimum Gasteiger partial charge on any atom is -0.360 e. The number of rotatable bonds is 0. The van der Waals surface area contributed by atoms with E-state index in [1.54, 1.807) is 0 Å². The summed E-state index contributed by atoms with van der Waals surface area (Å²) in [7, 11) is 0. The van der Waals surface area contributed by atoms with Crippen molar-refractivity contribution in [3.63, 3.8) is 0 Å². The lowest BCUT2D eigenvalue weighted by atomic mass is 9.87. The van der Waals surface area contributed by atoms with Crippen LogP contribution >= 0.6 is 0 Å². The van der Waals surface area contributed by atoms with E-state index < -0.39 is 11.6 Å². The molecule has 3 aliphatic rings. The van der Waals surface area contributed by atoms with Gasteiger partial charge in [0.05, 0.1) is 6.61 Å². The number of nitrogens with one attached hydrogen (secondary N) is 1. The fourth-order valence-electron chi connectivity index (χ4n) is 2.58. The van der Waals surface area contributed by atoms with Crippen LogP contribution in [0.25, 0.3) is 0 Å². The second-order valence-electron chi connectivity index (χ2n) is 5.49. The van der Waals surface area contributed by atoms with Gasteiger partial charge in [0.25, 0.3) is 0 Å². The van der Waals surface area contributed by atoms with Crippen molar-refractivity contribution in [3.8, 4) is 0 Å². The highest BCUT2D eigenvalue weighted by Crippen LogP contribution is 2.50. The van der Waals surface area contributed by atoms with E-state index in [-0.39, 0.29) is 12.8 Å². The molecule has 0 aromatic heterocycles. The molecule has 15 heavy (non-hydrogen) atoms. The topological polar surface area (TPSA) is 21.3 Å². The van der Waals surface area contributed by atoms with Gasteiger partial charge in [-0.2, -0.15) is 0 Å². The maximum absolute atomic E-state index is 13.0. The normalized spacial score (nSPS) is 35.6. The molecule has 0 amide bonds. The van der Waals surface area contributed by atoms with Crippen molar-refractivity contribution in [2.45, 2.75) is 50.2 Å². The van der Waals surface area contributed by atoms with Crippen molar-refractivity contribution in [1.29, 1.82) is 0 Å². The summed E-state index contributed by atoms with van der Waals surface area (Å²) < 4.78 is 31.9. The average Bonchev–Trinajstić information content (AvgIpc) is 2.97. The van der Waals surface area contributed by atoms with Crippen molar-refractivity contribution in [3.05, 3.63) is 0 Å². The van der Waals surface area contributed by atoms with E-state index in [1.807, 2.05) is 0 Å². The summed E-state index contributed by atoms with van der Waals surface area (Å²) in [5.41, 5.74) is -0.0548. The quantitative estimate of drug-likeness (QED) is 0.672. The van der Waals surface area contributed by atoms with Crippen LogP contribution in [0.5, 0.6) is 0 Å². The molecule has 0 aromatic carbocycles. The first kappa shape index (κ1) is 9.97. The fourth-order valence-corrected chi connectivity index (χ4v) is 2.58. The smallest absolute Gasteiger partial charge is 0.248 e. The SMILES string of the molecule is FC1(F)CCC2(CC1)NCC1(CC1)CO2. The third-order valence-electron chi connectivity index (χ3n) is 4.19. The van der Waals surface area contributed by atoms with Crippen LogP contribution in [0.2, 0.25) is 0 Å². The Morgan fingerprint density at radius 2 is 1.60 bits per heavy atom. The molecule has 2 aliphatic carbocycles. The number of halogens is 2. The molecule has 0 unspecified atom stereocenters. The van der Waals surface area contributed by atoms with Crippen molar-refractivity contribution in [2.24, 2.45) is 5.41 Å². The van der Waals surface area contributed by atoms with Gasteiger partial charge in [-0.3, -0.25) is 5.32 Å². The van der Waals surface area contributed by atoms with Gasteiger partial charge in [-0.05, 0) is 25.7 Å². The highest BCUT2D eigenvalue weighted by Gasteiger charge is 2.52. The second-order valence-corrected chi connectivity index (χ2v) is 5.49. The van der Waals surface area contributed by atoms with E-state index in [4.69, 9.17) is 4.74 Å². The zero-order valence-corrected chi connectivity index (χ0v) is 8.82. The van der Waals surface area contributed by atoms with E-state index in [0.717, 1.165) is 13.2 Å². The van der Waals surface area contributed by atoms with Gasteiger partial charge in [0, 0.05) is 24.8 Å². The Morgan fingerprint density at radius 1 is 0.933 bits per heavy atom. The van der Waals surface area contributed by atoms with E-state index in [9.17, 15) is 8.78 Å². The van der Waals surface area contributed by atoms with Crippen LogP contribution in [-0.2, 0) is 4.74 Å². The number of ether oxygens (including phenoxy) is 1. The highest BCUT2D eigenvalue weighted by molar-refractivity contribution is 5.02. The van der Waals surface area contributed by atoms with Crippen LogP contribution in [0.15, 0.2) is 0 Å². The number of hydrogen-bond acceptors (Lipinski definition) is 2. The molecule has 0 radical (unpaired) electrons. The molecule has 4 heteroatoms. The van der Waals surface area contributed by atoms with Crippen molar-refractivity contribution >= 4 is 0 Å². The standard InChI is InChI=1S/C11H17F2NO/c12-10(13)3-5-11(6-4-10)14-7-9(1-2-9)8-15-11/h14H,1-8H2. The predicted molar refractivity (Wildman–Crippen MR) is 51.8 cm³/mol.